The highest BCUT2D eigenvalue weighted by Gasteiger charge is 2.18. The minimum Gasteiger partial charge on any atom is -0.369 e. The molecule has 1 heterocycles. The number of anilines is 1. The number of nitrogens with zero attached hydrogens (tertiary/aromatic N) is 2. The van der Waals surface area contributed by atoms with E-state index in [9.17, 15) is 8.42 Å². The molecule has 21 heavy (non-hydrogen) atoms. The van der Waals surface area contributed by atoms with Crippen molar-refractivity contribution in [1.82, 2.24) is 9.55 Å². The Kier molecular flexibility index (Phi) is 2.98. The molecule has 0 fully saturated rings. The van der Waals surface area contributed by atoms with Gasteiger partial charge in [-0.05, 0) is 30.7 Å². The average molecular weight is 301 g/mol. The molecule has 0 atom stereocenters. The van der Waals surface area contributed by atoms with Crippen LogP contribution in [0, 0.1) is 6.92 Å². The predicted octanol–water partition coefficient (Wildman–Crippen LogP) is 2.32. The van der Waals surface area contributed by atoms with E-state index in [1.54, 1.807) is 16.7 Å². The number of rotatable bonds is 2. The first kappa shape index (κ1) is 13.6. The Hall–Kier alpha value is -2.34. The van der Waals surface area contributed by atoms with Crippen LogP contribution >= 0.6 is 0 Å². The van der Waals surface area contributed by atoms with Crippen molar-refractivity contribution in [2.75, 3.05) is 12.0 Å². The molecule has 0 bridgehead atoms. The van der Waals surface area contributed by atoms with Gasteiger partial charge in [-0.3, -0.25) is 4.57 Å². The second-order valence-corrected chi connectivity index (χ2v) is 6.97. The van der Waals surface area contributed by atoms with Gasteiger partial charge in [-0.1, -0.05) is 24.3 Å². The molecular formula is C15H15N3O2S. The number of aryl methyl sites for hydroxylation is 1. The Morgan fingerprint density at radius 1 is 1.10 bits per heavy atom. The van der Waals surface area contributed by atoms with Crippen molar-refractivity contribution in [3.05, 3.63) is 48.0 Å². The molecule has 0 amide bonds. The minimum atomic E-state index is -3.36. The largest absolute Gasteiger partial charge is 0.369 e. The third kappa shape index (κ3) is 2.17. The van der Waals surface area contributed by atoms with Crippen LogP contribution in [-0.4, -0.2) is 24.2 Å². The van der Waals surface area contributed by atoms with Gasteiger partial charge in [0.2, 0.25) is 5.95 Å². The zero-order valence-electron chi connectivity index (χ0n) is 11.7. The number of nitrogens with two attached hydrogens (primary N) is 1. The summed E-state index contributed by atoms with van der Waals surface area (Å²) in [5.41, 5.74) is 9.04. The summed E-state index contributed by atoms with van der Waals surface area (Å²) < 4.78 is 25.5. The molecule has 108 valence electrons. The summed E-state index contributed by atoms with van der Waals surface area (Å²) in [6.07, 6.45) is 1.17. The fourth-order valence-electron chi connectivity index (χ4n) is 2.46. The van der Waals surface area contributed by atoms with E-state index in [0.717, 1.165) is 11.3 Å². The molecule has 0 spiro atoms. The van der Waals surface area contributed by atoms with Crippen molar-refractivity contribution in [2.45, 2.75) is 11.8 Å². The van der Waals surface area contributed by atoms with Crippen LogP contribution in [0.25, 0.3) is 16.7 Å². The lowest BCUT2D eigenvalue weighted by molar-refractivity contribution is 0.602. The number of para-hydroxylation sites is 2. The maximum absolute atomic E-state index is 11.9. The van der Waals surface area contributed by atoms with Crippen LogP contribution in [-0.2, 0) is 9.84 Å². The zero-order chi connectivity index (χ0) is 15.2. The molecule has 6 heteroatoms. The van der Waals surface area contributed by atoms with E-state index in [0.29, 0.717) is 11.0 Å². The molecule has 0 aliphatic carbocycles. The van der Waals surface area contributed by atoms with Crippen molar-refractivity contribution in [3.8, 4) is 5.69 Å². The van der Waals surface area contributed by atoms with Crippen LogP contribution < -0.4 is 5.73 Å². The van der Waals surface area contributed by atoms with Crippen molar-refractivity contribution in [3.63, 3.8) is 0 Å². The van der Waals surface area contributed by atoms with Crippen LogP contribution in [0.4, 0.5) is 5.95 Å². The molecule has 0 saturated heterocycles. The van der Waals surface area contributed by atoms with Crippen molar-refractivity contribution in [1.29, 1.82) is 0 Å². The standard InChI is InChI=1S/C15H15N3O2S/c1-10-6-3-4-7-11(10)18-12-8-5-9-13(21(2,19)20)14(12)17-15(18)16/h3-9H,1-2H3,(H2,16,17). The number of hydrogen-bond donors (Lipinski definition) is 1. The monoisotopic (exact) mass is 301 g/mol. The Morgan fingerprint density at radius 3 is 2.48 bits per heavy atom. The quantitative estimate of drug-likeness (QED) is 0.788. The van der Waals surface area contributed by atoms with Gasteiger partial charge in [-0.25, -0.2) is 13.4 Å². The van der Waals surface area contributed by atoms with Gasteiger partial charge in [0.05, 0.1) is 16.1 Å². The van der Waals surface area contributed by atoms with E-state index in [-0.39, 0.29) is 10.8 Å². The van der Waals surface area contributed by atoms with Gasteiger partial charge in [0.25, 0.3) is 0 Å². The van der Waals surface area contributed by atoms with Crippen LogP contribution in [0.1, 0.15) is 5.56 Å². The SMILES string of the molecule is Cc1ccccc1-n1c(N)nc2c(S(C)(=O)=O)cccc21. The molecule has 0 aliphatic heterocycles. The molecule has 2 aromatic carbocycles. The summed E-state index contributed by atoms with van der Waals surface area (Å²) >= 11 is 0. The number of nitrogen functional groups attached to an aromatic ring is 1. The summed E-state index contributed by atoms with van der Waals surface area (Å²) in [4.78, 5) is 4.45. The Morgan fingerprint density at radius 2 is 1.81 bits per heavy atom. The number of benzene rings is 2. The maximum atomic E-state index is 11.9. The maximum Gasteiger partial charge on any atom is 0.205 e. The molecule has 3 rings (SSSR count). The van der Waals surface area contributed by atoms with Crippen LogP contribution in [0.15, 0.2) is 47.4 Å². The number of hydrogen-bond acceptors (Lipinski definition) is 4. The third-order valence-corrected chi connectivity index (χ3v) is 4.56. The lowest BCUT2D eigenvalue weighted by Crippen LogP contribution is -2.02. The molecule has 0 radical (unpaired) electrons. The van der Waals surface area contributed by atoms with E-state index in [1.165, 1.54) is 6.26 Å². The topological polar surface area (TPSA) is 78.0 Å². The molecule has 0 aliphatic rings. The molecule has 0 saturated carbocycles. The third-order valence-electron chi connectivity index (χ3n) is 3.43. The summed E-state index contributed by atoms with van der Waals surface area (Å²) in [5.74, 6) is 0.274. The second kappa shape index (κ2) is 4.60. The highest BCUT2D eigenvalue weighted by atomic mass is 32.2. The van der Waals surface area contributed by atoms with E-state index in [4.69, 9.17) is 5.73 Å². The average Bonchev–Trinajstić information content (AvgIpc) is 2.74. The highest BCUT2D eigenvalue weighted by Crippen LogP contribution is 2.28. The molecule has 1 aromatic heterocycles. The second-order valence-electron chi connectivity index (χ2n) is 4.99. The molecule has 5 nitrogen and oxygen atoms in total. The molecule has 2 N–H and O–H groups in total. The summed E-state index contributed by atoms with van der Waals surface area (Å²) in [6, 6.07) is 12.8. The van der Waals surface area contributed by atoms with Crippen LogP contribution in [0.2, 0.25) is 0 Å². The number of imidazole rings is 1. The highest BCUT2D eigenvalue weighted by molar-refractivity contribution is 7.91. The lowest BCUT2D eigenvalue weighted by Gasteiger charge is -2.09. The fourth-order valence-corrected chi connectivity index (χ4v) is 3.29. The Bertz CT molecular complexity index is 943. The van der Waals surface area contributed by atoms with Crippen molar-refractivity contribution in [2.24, 2.45) is 0 Å². The van der Waals surface area contributed by atoms with E-state index < -0.39 is 9.84 Å². The van der Waals surface area contributed by atoms with Gasteiger partial charge < -0.3 is 5.73 Å². The molecule has 0 unspecified atom stereocenters. The lowest BCUT2D eigenvalue weighted by atomic mass is 10.2. The van der Waals surface area contributed by atoms with Crippen LogP contribution in [0.5, 0.6) is 0 Å². The summed E-state index contributed by atoms with van der Waals surface area (Å²) in [6.45, 7) is 1.97. The van der Waals surface area contributed by atoms with Gasteiger partial charge in [0, 0.05) is 6.26 Å². The van der Waals surface area contributed by atoms with E-state index >= 15 is 0 Å². The first-order valence-corrected chi connectivity index (χ1v) is 8.32. The molecular weight excluding hydrogens is 286 g/mol. The summed E-state index contributed by atoms with van der Waals surface area (Å²) in [5, 5.41) is 0. The van der Waals surface area contributed by atoms with Gasteiger partial charge in [-0.2, -0.15) is 0 Å². The summed E-state index contributed by atoms with van der Waals surface area (Å²) in [7, 11) is -3.36. The normalized spacial score (nSPS) is 11.9. The van der Waals surface area contributed by atoms with Crippen molar-refractivity contribution >= 4 is 26.8 Å². The first-order chi connectivity index (χ1) is 9.89. The van der Waals surface area contributed by atoms with Crippen LogP contribution in [0.3, 0.4) is 0 Å². The smallest absolute Gasteiger partial charge is 0.205 e. The van der Waals surface area contributed by atoms with Gasteiger partial charge >= 0.3 is 0 Å². The number of sulfone groups is 1. The Labute approximate surface area is 123 Å². The van der Waals surface area contributed by atoms with Gasteiger partial charge in [-0.15, -0.1) is 0 Å². The fraction of sp³-hybridized carbons (Fsp3) is 0.133. The van der Waals surface area contributed by atoms with Crippen molar-refractivity contribution < 1.29 is 8.42 Å². The number of aromatic nitrogens is 2. The first-order valence-electron chi connectivity index (χ1n) is 6.42. The predicted molar refractivity (Wildman–Crippen MR) is 83.3 cm³/mol. The minimum absolute atomic E-state index is 0.194. The van der Waals surface area contributed by atoms with Gasteiger partial charge in [0.1, 0.15) is 5.52 Å². The van der Waals surface area contributed by atoms with Gasteiger partial charge in [0.15, 0.2) is 9.84 Å². The van der Waals surface area contributed by atoms with E-state index in [2.05, 4.69) is 4.98 Å². The van der Waals surface area contributed by atoms with E-state index in [1.807, 2.05) is 37.3 Å². The Balaban J connectivity index is 2.42. The molecule has 3 aromatic rings. The number of fused-ring (bicyclic) bond motifs is 1. The zero-order valence-corrected chi connectivity index (χ0v) is 12.6.